The Balaban J connectivity index is 1.70. The third kappa shape index (κ3) is 3.30. The normalized spacial score (nSPS) is 17.0. The Morgan fingerprint density at radius 3 is 2.97 bits per heavy atom. The first-order chi connectivity index (χ1) is 15.0. The fourth-order valence-corrected chi connectivity index (χ4v) is 5.79. The average molecular weight is 437 g/mol. The molecule has 8 nitrogen and oxygen atoms in total. The first kappa shape index (κ1) is 19.8. The molecule has 0 spiro atoms. The zero-order valence-electron chi connectivity index (χ0n) is 17.5. The van der Waals surface area contributed by atoms with Gasteiger partial charge in [-0.3, -0.25) is 9.69 Å². The number of anilines is 1. The van der Waals surface area contributed by atoms with Crippen molar-refractivity contribution in [1.82, 2.24) is 19.5 Å². The second kappa shape index (κ2) is 7.51. The van der Waals surface area contributed by atoms with Crippen molar-refractivity contribution in [2.45, 2.75) is 32.4 Å². The summed E-state index contributed by atoms with van der Waals surface area (Å²) in [4.78, 5) is 19.3. The van der Waals surface area contributed by atoms with E-state index in [1.54, 1.807) is 23.0 Å². The number of aryl methyl sites for hydroxylation is 1. The highest BCUT2D eigenvalue weighted by Crippen LogP contribution is 2.43. The summed E-state index contributed by atoms with van der Waals surface area (Å²) in [7, 11) is 1.69. The predicted molar refractivity (Wildman–Crippen MR) is 122 cm³/mol. The minimum Gasteiger partial charge on any atom is -0.495 e. The highest BCUT2D eigenvalue weighted by Gasteiger charge is 2.30. The first-order valence-corrected chi connectivity index (χ1v) is 11.0. The molecule has 1 saturated heterocycles. The van der Waals surface area contributed by atoms with Gasteiger partial charge >= 0.3 is 0 Å². The molecule has 1 aromatic carbocycles. The Bertz CT molecular complexity index is 1310. The van der Waals surface area contributed by atoms with Crippen LogP contribution in [0, 0.1) is 6.92 Å². The van der Waals surface area contributed by atoms with E-state index < -0.39 is 0 Å². The zero-order chi connectivity index (χ0) is 21.7. The van der Waals surface area contributed by atoms with E-state index >= 15 is 0 Å². The van der Waals surface area contributed by atoms with E-state index in [9.17, 15) is 4.79 Å². The van der Waals surface area contributed by atoms with E-state index in [1.807, 2.05) is 12.3 Å². The van der Waals surface area contributed by atoms with Crippen molar-refractivity contribution in [2.75, 3.05) is 19.4 Å². The number of ether oxygens (including phenoxy) is 1. The third-order valence-corrected chi connectivity index (χ3v) is 7.12. The third-order valence-electron chi connectivity index (χ3n) is 5.94. The van der Waals surface area contributed by atoms with Crippen molar-refractivity contribution in [3.8, 4) is 16.2 Å². The molecule has 1 fully saturated rings. The molecule has 1 aliphatic rings. The van der Waals surface area contributed by atoms with Gasteiger partial charge in [-0.15, -0.1) is 11.3 Å². The lowest BCUT2D eigenvalue weighted by atomic mass is 10.1. The molecule has 4 heterocycles. The van der Waals surface area contributed by atoms with E-state index in [2.05, 4.69) is 34.0 Å². The van der Waals surface area contributed by atoms with Gasteiger partial charge in [0.05, 0.1) is 17.9 Å². The summed E-state index contributed by atoms with van der Waals surface area (Å²) in [6, 6.07) is 6.11. The van der Waals surface area contributed by atoms with Crippen molar-refractivity contribution in [1.29, 1.82) is 0 Å². The Labute approximate surface area is 183 Å². The molecule has 5 rings (SSSR count). The molecule has 0 saturated carbocycles. The van der Waals surface area contributed by atoms with E-state index in [0.29, 0.717) is 12.4 Å². The zero-order valence-corrected chi connectivity index (χ0v) is 18.3. The number of nitrogens with two attached hydrogens (primary N) is 2. The SMILES string of the molecule is COc1cc(C)cc2cc(-c3c(CN4CCCC4C(N)=O)cn4ncnc(N)c34)sc12. The number of carbonyl (C=O) groups is 1. The van der Waals surface area contributed by atoms with Gasteiger partial charge in [0.25, 0.3) is 0 Å². The van der Waals surface area contributed by atoms with Gasteiger partial charge in [0.15, 0.2) is 5.82 Å². The Morgan fingerprint density at radius 2 is 2.19 bits per heavy atom. The fourth-order valence-electron chi connectivity index (χ4n) is 4.57. The quantitative estimate of drug-likeness (QED) is 0.497. The highest BCUT2D eigenvalue weighted by atomic mass is 32.1. The van der Waals surface area contributed by atoms with Gasteiger partial charge in [-0.1, -0.05) is 6.07 Å². The number of thiophene rings is 1. The number of nitrogens with zero attached hydrogens (tertiary/aromatic N) is 4. The number of primary amides is 1. The van der Waals surface area contributed by atoms with Crippen LogP contribution < -0.4 is 16.2 Å². The average Bonchev–Trinajstić information content (AvgIpc) is 3.44. The number of carbonyl (C=O) groups excluding carboxylic acids is 1. The van der Waals surface area contributed by atoms with Crippen LogP contribution in [0.1, 0.15) is 24.0 Å². The first-order valence-electron chi connectivity index (χ1n) is 10.2. The fraction of sp³-hybridized carbons (Fsp3) is 0.318. The smallest absolute Gasteiger partial charge is 0.234 e. The van der Waals surface area contributed by atoms with Crippen LogP contribution in [0.15, 0.2) is 30.7 Å². The van der Waals surface area contributed by atoms with Crippen LogP contribution in [0.2, 0.25) is 0 Å². The maximum absolute atomic E-state index is 11.9. The summed E-state index contributed by atoms with van der Waals surface area (Å²) in [5.74, 6) is 1.00. The second-order valence-corrected chi connectivity index (χ2v) is 9.05. The summed E-state index contributed by atoms with van der Waals surface area (Å²) in [5, 5.41) is 5.49. The van der Waals surface area contributed by atoms with Gasteiger partial charge < -0.3 is 16.2 Å². The molecule has 9 heteroatoms. The number of benzene rings is 1. The van der Waals surface area contributed by atoms with Crippen LogP contribution in [-0.4, -0.2) is 45.1 Å². The van der Waals surface area contributed by atoms with Crippen LogP contribution in [0.5, 0.6) is 5.75 Å². The van der Waals surface area contributed by atoms with Crippen LogP contribution >= 0.6 is 11.3 Å². The minimum absolute atomic E-state index is 0.246. The predicted octanol–water partition coefficient (Wildman–Crippen LogP) is 2.96. The minimum atomic E-state index is -0.274. The molecule has 0 aliphatic carbocycles. The van der Waals surface area contributed by atoms with Gasteiger partial charge in [-0.05, 0) is 55.0 Å². The van der Waals surface area contributed by atoms with Crippen molar-refractivity contribution in [3.63, 3.8) is 0 Å². The van der Waals surface area contributed by atoms with Crippen LogP contribution in [0.4, 0.5) is 5.82 Å². The number of aromatic nitrogens is 3. The Kier molecular flexibility index (Phi) is 4.79. The van der Waals surface area contributed by atoms with Gasteiger partial charge in [-0.25, -0.2) is 9.50 Å². The second-order valence-electron chi connectivity index (χ2n) is 7.99. The lowest BCUT2D eigenvalue weighted by molar-refractivity contribution is -0.122. The molecular weight excluding hydrogens is 412 g/mol. The van der Waals surface area contributed by atoms with Crippen molar-refractivity contribution >= 4 is 38.7 Å². The molecule has 1 aliphatic heterocycles. The van der Waals surface area contributed by atoms with E-state index in [4.69, 9.17) is 16.2 Å². The Morgan fingerprint density at radius 1 is 1.35 bits per heavy atom. The van der Waals surface area contributed by atoms with Crippen molar-refractivity contribution < 1.29 is 9.53 Å². The van der Waals surface area contributed by atoms with Gasteiger partial charge in [0.1, 0.15) is 17.6 Å². The lowest BCUT2D eigenvalue weighted by Gasteiger charge is -2.21. The van der Waals surface area contributed by atoms with E-state index in [-0.39, 0.29) is 11.9 Å². The molecule has 0 radical (unpaired) electrons. The molecule has 1 atom stereocenters. The number of methoxy groups -OCH3 is 1. The monoisotopic (exact) mass is 436 g/mol. The molecule has 3 aromatic heterocycles. The van der Waals surface area contributed by atoms with Crippen LogP contribution in [-0.2, 0) is 11.3 Å². The van der Waals surface area contributed by atoms with Gasteiger partial charge in [0.2, 0.25) is 5.91 Å². The van der Waals surface area contributed by atoms with Crippen LogP contribution in [0.25, 0.3) is 26.0 Å². The number of likely N-dealkylation sites (tertiary alicyclic amines) is 1. The number of rotatable bonds is 5. The molecule has 0 bridgehead atoms. The number of hydrogen-bond acceptors (Lipinski definition) is 7. The number of hydrogen-bond donors (Lipinski definition) is 2. The maximum atomic E-state index is 11.9. The number of fused-ring (bicyclic) bond motifs is 2. The summed E-state index contributed by atoms with van der Waals surface area (Å²) < 4.78 is 8.48. The molecule has 4 aromatic rings. The Hall–Kier alpha value is -3.17. The molecular formula is C22H24N6O2S. The lowest BCUT2D eigenvalue weighted by Crippen LogP contribution is -2.39. The molecule has 1 amide bonds. The topological polar surface area (TPSA) is 112 Å². The molecule has 1 unspecified atom stereocenters. The molecule has 4 N–H and O–H groups in total. The molecule has 160 valence electrons. The molecule has 31 heavy (non-hydrogen) atoms. The maximum Gasteiger partial charge on any atom is 0.234 e. The van der Waals surface area contributed by atoms with Crippen LogP contribution in [0.3, 0.4) is 0 Å². The number of nitrogen functional groups attached to an aromatic ring is 1. The van der Waals surface area contributed by atoms with E-state index in [0.717, 1.165) is 62.3 Å². The van der Waals surface area contributed by atoms with Gasteiger partial charge in [0, 0.05) is 23.2 Å². The standard InChI is InChI=1S/C22H24N6O2S/c1-12-6-13-8-17(31-20(13)16(7-12)30-2)18-14(9-27-5-3-4-15(27)22(24)29)10-28-19(18)21(23)25-11-26-28/h6-8,10-11,15H,3-5,9H2,1-2H3,(H2,24,29)(H2,23,25,26). The van der Waals surface area contributed by atoms with Crippen molar-refractivity contribution in [2.24, 2.45) is 5.73 Å². The highest BCUT2D eigenvalue weighted by molar-refractivity contribution is 7.22. The summed E-state index contributed by atoms with van der Waals surface area (Å²) in [6.07, 6.45) is 5.18. The number of amides is 1. The largest absolute Gasteiger partial charge is 0.495 e. The van der Waals surface area contributed by atoms with E-state index in [1.165, 1.54) is 6.33 Å². The summed E-state index contributed by atoms with van der Waals surface area (Å²) >= 11 is 1.66. The summed E-state index contributed by atoms with van der Waals surface area (Å²) in [5.41, 5.74) is 15.9. The van der Waals surface area contributed by atoms with Gasteiger partial charge in [-0.2, -0.15) is 5.10 Å². The van der Waals surface area contributed by atoms with Crippen molar-refractivity contribution in [3.05, 3.63) is 41.9 Å². The summed E-state index contributed by atoms with van der Waals surface area (Å²) in [6.45, 7) is 3.48.